The quantitative estimate of drug-likeness (QED) is 0.633. The van der Waals surface area contributed by atoms with Gasteiger partial charge in [0, 0.05) is 17.3 Å². The van der Waals surface area contributed by atoms with Crippen molar-refractivity contribution in [1.29, 1.82) is 0 Å². The Morgan fingerprint density at radius 1 is 1.26 bits per heavy atom. The van der Waals surface area contributed by atoms with E-state index in [9.17, 15) is 4.79 Å². The first-order valence-corrected chi connectivity index (χ1v) is 7.23. The maximum absolute atomic E-state index is 12.3. The average molecular weight is 260 g/mol. The van der Waals surface area contributed by atoms with E-state index in [0.29, 0.717) is 11.7 Å². The van der Waals surface area contributed by atoms with Crippen LogP contribution in [0.15, 0.2) is 18.2 Å². The molecule has 0 radical (unpaired) electrons. The lowest BCUT2D eigenvalue weighted by molar-refractivity contribution is 0.0932. The monoisotopic (exact) mass is 260 g/mol. The first-order valence-electron chi connectivity index (χ1n) is 7.23. The molecule has 1 aliphatic carbocycles. The Kier molecular flexibility index (Phi) is 4.46. The van der Waals surface area contributed by atoms with E-state index in [0.717, 1.165) is 29.9 Å². The van der Waals surface area contributed by atoms with Crippen molar-refractivity contribution in [3.8, 4) is 0 Å². The number of carbonyl (C=O) groups excluding carboxylic acids is 1. The van der Waals surface area contributed by atoms with E-state index in [1.54, 1.807) is 6.07 Å². The second kappa shape index (κ2) is 6.09. The standard InChI is InChI=1S/C16H24N2O/c1-11-4-3-5-14(8-6-11)18-16(19)15-9-7-13(17)10-12(15)2/h7,9-11,14H,3-6,8,17H2,1-2H3,(H,18,19). The molecule has 104 valence electrons. The zero-order valence-corrected chi connectivity index (χ0v) is 11.9. The minimum atomic E-state index is 0.0389. The van der Waals surface area contributed by atoms with Crippen molar-refractivity contribution in [2.45, 2.75) is 52.0 Å². The molecule has 0 heterocycles. The van der Waals surface area contributed by atoms with Gasteiger partial charge in [-0.3, -0.25) is 4.79 Å². The molecule has 0 saturated heterocycles. The molecule has 0 aromatic heterocycles. The highest BCUT2D eigenvalue weighted by Crippen LogP contribution is 2.23. The third kappa shape index (κ3) is 3.72. The Balaban J connectivity index is 2.00. The van der Waals surface area contributed by atoms with Crippen molar-refractivity contribution in [1.82, 2.24) is 5.32 Å². The van der Waals surface area contributed by atoms with Crippen molar-refractivity contribution < 1.29 is 4.79 Å². The fourth-order valence-electron chi connectivity index (χ4n) is 2.84. The number of benzene rings is 1. The van der Waals surface area contributed by atoms with Crippen LogP contribution in [0, 0.1) is 12.8 Å². The van der Waals surface area contributed by atoms with Gasteiger partial charge >= 0.3 is 0 Å². The Bertz CT molecular complexity index is 456. The second-order valence-corrected chi connectivity index (χ2v) is 5.86. The van der Waals surface area contributed by atoms with Crippen molar-refractivity contribution in [3.63, 3.8) is 0 Å². The van der Waals surface area contributed by atoms with Crippen LogP contribution in [0.25, 0.3) is 0 Å². The first-order chi connectivity index (χ1) is 9.06. The summed E-state index contributed by atoms with van der Waals surface area (Å²) in [4.78, 5) is 12.3. The fraction of sp³-hybridized carbons (Fsp3) is 0.562. The summed E-state index contributed by atoms with van der Waals surface area (Å²) in [5.74, 6) is 0.831. The van der Waals surface area contributed by atoms with E-state index in [1.165, 1.54) is 19.3 Å². The molecule has 0 aliphatic heterocycles. The molecule has 1 saturated carbocycles. The predicted octanol–water partition coefficient (Wildman–Crippen LogP) is 3.28. The molecular weight excluding hydrogens is 236 g/mol. The van der Waals surface area contributed by atoms with Crippen LogP contribution < -0.4 is 11.1 Å². The summed E-state index contributed by atoms with van der Waals surface area (Å²) in [7, 11) is 0. The second-order valence-electron chi connectivity index (χ2n) is 5.86. The Hall–Kier alpha value is -1.51. The summed E-state index contributed by atoms with van der Waals surface area (Å²) >= 11 is 0. The van der Waals surface area contributed by atoms with Gasteiger partial charge in [0.1, 0.15) is 0 Å². The first kappa shape index (κ1) is 13.9. The topological polar surface area (TPSA) is 55.1 Å². The van der Waals surface area contributed by atoms with Gasteiger partial charge in [0.15, 0.2) is 0 Å². The van der Waals surface area contributed by atoms with Crippen LogP contribution in [-0.4, -0.2) is 11.9 Å². The SMILES string of the molecule is Cc1cc(N)ccc1C(=O)NC1CCCC(C)CC1. The van der Waals surface area contributed by atoms with E-state index in [2.05, 4.69) is 12.2 Å². The van der Waals surface area contributed by atoms with Gasteiger partial charge in [-0.05, 0) is 55.9 Å². The minimum absolute atomic E-state index is 0.0389. The number of carbonyl (C=O) groups is 1. The number of anilines is 1. The number of hydrogen-bond donors (Lipinski definition) is 2. The zero-order valence-electron chi connectivity index (χ0n) is 11.9. The summed E-state index contributed by atoms with van der Waals surface area (Å²) < 4.78 is 0. The number of nitrogen functional groups attached to an aromatic ring is 1. The van der Waals surface area contributed by atoms with E-state index in [4.69, 9.17) is 5.73 Å². The van der Waals surface area contributed by atoms with Crippen LogP contribution in [0.3, 0.4) is 0 Å². The third-order valence-electron chi connectivity index (χ3n) is 4.09. The lowest BCUT2D eigenvalue weighted by atomic mass is 10.0. The Morgan fingerprint density at radius 2 is 2.05 bits per heavy atom. The summed E-state index contributed by atoms with van der Waals surface area (Å²) in [5, 5.41) is 3.18. The van der Waals surface area contributed by atoms with Crippen molar-refractivity contribution in [3.05, 3.63) is 29.3 Å². The third-order valence-corrected chi connectivity index (χ3v) is 4.09. The van der Waals surface area contributed by atoms with Crippen molar-refractivity contribution in [2.75, 3.05) is 5.73 Å². The van der Waals surface area contributed by atoms with Crippen LogP contribution in [0.1, 0.15) is 54.9 Å². The van der Waals surface area contributed by atoms with E-state index < -0.39 is 0 Å². The molecule has 1 aliphatic rings. The van der Waals surface area contributed by atoms with Crippen LogP contribution in [-0.2, 0) is 0 Å². The molecule has 0 bridgehead atoms. The van der Waals surface area contributed by atoms with Crippen LogP contribution in [0.4, 0.5) is 5.69 Å². The lowest BCUT2D eigenvalue weighted by Crippen LogP contribution is -2.34. The Labute approximate surface area is 115 Å². The number of amides is 1. The lowest BCUT2D eigenvalue weighted by Gasteiger charge is -2.17. The van der Waals surface area contributed by atoms with Gasteiger partial charge in [-0.25, -0.2) is 0 Å². The van der Waals surface area contributed by atoms with E-state index in [-0.39, 0.29) is 5.91 Å². The molecule has 0 spiro atoms. The molecule has 19 heavy (non-hydrogen) atoms. The van der Waals surface area contributed by atoms with Crippen molar-refractivity contribution >= 4 is 11.6 Å². The summed E-state index contributed by atoms with van der Waals surface area (Å²) in [5.41, 5.74) is 8.11. The van der Waals surface area contributed by atoms with Gasteiger partial charge in [-0.1, -0.05) is 19.8 Å². The summed E-state index contributed by atoms with van der Waals surface area (Å²) in [6.45, 7) is 4.23. The molecule has 2 atom stereocenters. The molecular formula is C16H24N2O. The number of nitrogens with one attached hydrogen (secondary N) is 1. The van der Waals surface area contributed by atoms with Gasteiger partial charge in [-0.2, -0.15) is 0 Å². The molecule has 1 aromatic rings. The molecule has 3 heteroatoms. The van der Waals surface area contributed by atoms with Gasteiger partial charge in [0.2, 0.25) is 0 Å². The maximum atomic E-state index is 12.3. The highest BCUT2D eigenvalue weighted by Gasteiger charge is 2.19. The molecule has 3 N–H and O–H groups in total. The Morgan fingerprint density at radius 3 is 2.79 bits per heavy atom. The summed E-state index contributed by atoms with van der Waals surface area (Å²) in [6, 6.07) is 5.79. The van der Waals surface area contributed by atoms with Crippen LogP contribution in [0.2, 0.25) is 0 Å². The molecule has 1 fully saturated rings. The predicted molar refractivity (Wildman–Crippen MR) is 79.1 cm³/mol. The summed E-state index contributed by atoms with van der Waals surface area (Å²) in [6.07, 6.45) is 5.91. The number of rotatable bonds is 2. The van der Waals surface area contributed by atoms with E-state index >= 15 is 0 Å². The average Bonchev–Trinajstić information content (AvgIpc) is 2.54. The van der Waals surface area contributed by atoms with E-state index in [1.807, 2.05) is 19.1 Å². The molecule has 1 aromatic carbocycles. The largest absolute Gasteiger partial charge is 0.399 e. The highest BCUT2D eigenvalue weighted by atomic mass is 16.1. The smallest absolute Gasteiger partial charge is 0.251 e. The fourth-order valence-corrected chi connectivity index (χ4v) is 2.84. The van der Waals surface area contributed by atoms with Crippen molar-refractivity contribution in [2.24, 2.45) is 5.92 Å². The molecule has 2 unspecified atom stereocenters. The normalized spacial score (nSPS) is 23.7. The van der Waals surface area contributed by atoms with Gasteiger partial charge in [0.25, 0.3) is 5.91 Å². The number of nitrogens with two attached hydrogens (primary N) is 1. The van der Waals surface area contributed by atoms with Gasteiger partial charge < -0.3 is 11.1 Å². The molecule has 1 amide bonds. The van der Waals surface area contributed by atoms with Gasteiger partial charge in [-0.15, -0.1) is 0 Å². The highest BCUT2D eigenvalue weighted by molar-refractivity contribution is 5.96. The van der Waals surface area contributed by atoms with Crippen LogP contribution >= 0.6 is 0 Å². The van der Waals surface area contributed by atoms with Crippen LogP contribution in [0.5, 0.6) is 0 Å². The zero-order chi connectivity index (χ0) is 13.8. The molecule has 3 nitrogen and oxygen atoms in total. The van der Waals surface area contributed by atoms with Gasteiger partial charge in [0.05, 0.1) is 0 Å². The maximum Gasteiger partial charge on any atom is 0.251 e. The minimum Gasteiger partial charge on any atom is -0.399 e. The number of hydrogen-bond acceptors (Lipinski definition) is 2. The molecule has 2 rings (SSSR count). The number of aryl methyl sites for hydroxylation is 1.